The van der Waals surface area contributed by atoms with Gasteiger partial charge in [0.25, 0.3) is 27.7 Å². The number of aromatic nitrogens is 3. The second-order valence-corrected chi connectivity index (χ2v) is 21.2. The molecular formula is C49H57F3N8O8S. The Kier molecular flexibility index (Phi) is 13.0. The Bertz CT molecular complexity index is 2850. The maximum atomic E-state index is 14.9. The normalized spacial score (nSPS) is 22.9. The van der Waals surface area contributed by atoms with Crippen molar-refractivity contribution < 1.29 is 45.9 Å². The highest BCUT2D eigenvalue weighted by atomic mass is 32.2. The smallest absolute Gasteiger partial charge is 0.312 e. The van der Waals surface area contributed by atoms with Crippen molar-refractivity contribution in [3.8, 4) is 17.4 Å². The van der Waals surface area contributed by atoms with Crippen LogP contribution in [-0.2, 0) is 15.9 Å². The summed E-state index contributed by atoms with van der Waals surface area (Å²) in [7, 11) is -4.76. The van der Waals surface area contributed by atoms with Crippen molar-refractivity contribution in [1.82, 2.24) is 24.6 Å². The molecule has 9 rings (SSSR count). The van der Waals surface area contributed by atoms with E-state index in [4.69, 9.17) is 9.47 Å². The lowest BCUT2D eigenvalue weighted by Gasteiger charge is -2.57. The molecule has 2 saturated heterocycles. The van der Waals surface area contributed by atoms with Gasteiger partial charge in [0.2, 0.25) is 5.82 Å². The molecule has 368 valence electrons. The summed E-state index contributed by atoms with van der Waals surface area (Å²) < 4.78 is 86.0. The lowest BCUT2D eigenvalue weighted by atomic mass is 9.70. The molecule has 69 heavy (non-hydrogen) atoms. The second-order valence-electron chi connectivity index (χ2n) is 19.6. The number of sulfonamides is 1. The Morgan fingerprint density at radius 2 is 1.78 bits per heavy atom. The summed E-state index contributed by atoms with van der Waals surface area (Å²) in [6.45, 7) is 7.99. The number of pyridine rings is 2. The summed E-state index contributed by atoms with van der Waals surface area (Å²) >= 11 is 0. The van der Waals surface area contributed by atoms with Crippen molar-refractivity contribution in [1.29, 1.82) is 0 Å². The first kappa shape index (κ1) is 48.1. The average molecular weight is 975 g/mol. The Morgan fingerprint density at radius 1 is 1.04 bits per heavy atom. The molecule has 2 saturated carbocycles. The lowest BCUT2D eigenvalue weighted by Crippen LogP contribution is -2.63. The van der Waals surface area contributed by atoms with Gasteiger partial charge in [0.1, 0.15) is 22.1 Å². The monoisotopic (exact) mass is 974 g/mol. The summed E-state index contributed by atoms with van der Waals surface area (Å²) in [5.74, 6) is -4.76. The number of aromatic amines is 1. The van der Waals surface area contributed by atoms with Crippen LogP contribution in [0.5, 0.6) is 17.4 Å². The summed E-state index contributed by atoms with van der Waals surface area (Å²) in [5.41, 5.74) is 0.183. The van der Waals surface area contributed by atoms with Gasteiger partial charge >= 0.3 is 5.69 Å². The summed E-state index contributed by atoms with van der Waals surface area (Å²) in [4.78, 5) is 40.7. The highest BCUT2D eigenvalue weighted by Gasteiger charge is 2.50. The number of hydrogen-bond donors (Lipinski definition) is 4. The highest BCUT2D eigenvalue weighted by molar-refractivity contribution is 7.90. The fourth-order valence-corrected chi connectivity index (χ4v) is 11.7. The van der Waals surface area contributed by atoms with E-state index in [1.807, 2.05) is 16.9 Å². The number of piperidine rings is 1. The molecule has 2 aromatic carbocycles. The van der Waals surface area contributed by atoms with Gasteiger partial charge in [-0.25, -0.2) is 31.3 Å². The van der Waals surface area contributed by atoms with Crippen LogP contribution < -0.4 is 24.4 Å². The summed E-state index contributed by atoms with van der Waals surface area (Å²) in [5, 5.41) is 25.5. The average Bonchev–Trinajstić information content (AvgIpc) is 3.93. The van der Waals surface area contributed by atoms with Crippen molar-refractivity contribution in [3.63, 3.8) is 0 Å². The van der Waals surface area contributed by atoms with Gasteiger partial charge in [-0.1, -0.05) is 30.7 Å². The van der Waals surface area contributed by atoms with Crippen LogP contribution >= 0.6 is 0 Å². The number of ether oxygens (including phenoxy) is 2. The van der Waals surface area contributed by atoms with Gasteiger partial charge in [-0.3, -0.25) is 19.8 Å². The van der Waals surface area contributed by atoms with Crippen LogP contribution in [-0.4, -0.2) is 95.2 Å². The van der Waals surface area contributed by atoms with Gasteiger partial charge in [0.05, 0.1) is 34.3 Å². The van der Waals surface area contributed by atoms with Crippen molar-refractivity contribution in [2.24, 2.45) is 11.3 Å². The molecule has 4 N–H and O–H groups in total. The van der Waals surface area contributed by atoms with Crippen molar-refractivity contribution in [3.05, 3.63) is 99.6 Å². The van der Waals surface area contributed by atoms with Crippen LogP contribution in [0.25, 0.3) is 11.0 Å². The zero-order chi connectivity index (χ0) is 48.9. The molecule has 1 amide bonds. The zero-order valence-corrected chi connectivity index (χ0v) is 39.6. The molecule has 2 aliphatic heterocycles. The van der Waals surface area contributed by atoms with Crippen molar-refractivity contribution in [2.45, 2.75) is 107 Å². The first-order chi connectivity index (χ1) is 32.8. The van der Waals surface area contributed by atoms with Crippen LogP contribution in [0.3, 0.4) is 0 Å². The third-order valence-corrected chi connectivity index (χ3v) is 15.9. The number of alkyl halides is 2. The molecule has 3 aromatic heterocycles. The maximum Gasteiger partial charge on any atom is 0.312 e. The molecule has 2 aliphatic carbocycles. The predicted molar refractivity (Wildman–Crippen MR) is 252 cm³/mol. The van der Waals surface area contributed by atoms with E-state index in [1.54, 1.807) is 38.1 Å². The number of carbonyl (C=O) groups is 1. The molecule has 0 unspecified atom stereocenters. The van der Waals surface area contributed by atoms with Gasteiger partial charge < -0.3 is 29.8 Å². The number of nitrogens with one attached hydrogen (secondary N) is 3. The number of H-pyrrole nitrogens is 1. The molecule has 2 atom stereocenters. The third-order valence-electron chi connectivity index (χ3n) is 14.6. The van der Waals surface area contributed by atoms with E-state index in [0.29, 0.717) is 51.0 Å². The van der Waals surface area contributed by atoms with Crippen LogP contribution in [0.2, 0.25) is 0 Å². The SMILES string of the molecule is CCOc1nc2[nH]cc(F)c2cc1Oc1cc(N2CCC3(CC2)CN([C@H]2CCC[C@H]2c2ccccc2C(C)(F)F)C3)ccc1C(=O)NS(=O)(=O)c1cnc(NC[C@H]2CC[C@](C)(O)CC2)c([N+](=O)[O-])c1. The number of likely N-dealkylation sites (tertiary alicyclic amines) is 1. The van der Waals surface area contributed by atoms with Gasteiger partial charge in [-0.2, -0.15) is 4.98 Å². The molecule has 0 bridgehead atoms. The topological polar surface area (TPSA) is 205 Å². The highest BCUT2D eigenvalue weighted by Crippen LogP contribution is 2.50. The van der Waals surface area contributed by atoms with Crippen LogP contribution in [0.4, 0.5) is 30.4 Å². The Labute approximate surface area is 398 Å². The summed E-state index contributed by atoms with van der Waals surface area (Å²) in [6.07, 6.45) is 9.13. The van der Waals surface area contributed by atoms with Crippen molar-refractivity contribution in [2.75, 3.05) is 49.5 Å². The molecule has 4 fully saturated rings. The van der Waals surface area contributed by atoms with E-state index in [1.165, 1.54) is 12.1 Å². The molecule has 16 nitrogen and oxygen atoms in total. The number of halogens is 3. The second kappa shape index (κ2) is 18.7. The number of carbonyl (C=O) groups excluding carboxylic acids is 1. The molecule has 0 radical (unpaired) electrons. The minimum absolute atomic E-state index is 0.00970. The third kappa shape index (κ3) is 10.1. The number of rotatable bonds is 15. The molecule has 5 heterocycles. The Morgan fingerprint density at radius 3 is 2.49 bits per heavy atom. The number of nitro groups is 1. The van der Waals surface area contributed by atoms with Crippen LogP contribution in [0.1, 0.15) is 106 Å². The fourth-order valence-electron chi connectivity index (χ4n) is 10.8. The quantitative estimate of drug-likeness (QED) is 0.0572. The number of aliphatic hydroxyl groups is 1. The number of benzene rings is 2. The van der Waals surface area contributed by atoms with Crippen LogP contribution in [0, 0.1) is 27.3 Å². The van der Waals surface area contributed by atoms with E-state index >= 15 is 0 Å². The first-order valence-corrected chi connectivity index (χ1v) is 25.1. The van der Waals surface area contributed by atoms with E-state index in [-0.39, 0.29) is 75.3 Å². The fraction of sp³-hybridized carbons (Fsp3) is 0.490. The number of anilines is 2. The van der Waals surface area contributed by atoms with E-state index in [0.717, 1.165) is 76.1 Å². The van der Waals surface area contributed by atoms with E-state index in [2.05, 4.69) is 30.1 Å². The van der Waals surface area contributed by atoms with Gasteiger partial charge in [-0.15, -0.1) is 0 Å². The molecule has 4 aliphatic rings. The van der Waals surface area contributed by atoms with Crippen molar-refractivity contribution >= 4 is 44.2 Å². The molecular weight excluding hydrogens is 918 g/mol. The number of amides is 1. The largest absolute Gasteiger partial charge is 0.475 e. The standard InChI is InChI=1S/C49H57F3N8O8S/c1-4-67-46-42(24-36-38(50)27-55-43(36)56-46)68-41-22-31(58-20-18-49(19-21-58)28-59(29-49)39-11-7-9-34(39)33-8-5-6-10-37(33)48(3,51)52)12-13-35(41)45(61)57-69(65,66)32-23-40(60(63)64)44(54-26-32)53-25-30-14-16-47(2,62)17-15-30/h5-6,8,10,12-13,22-24,26-27,30,34,39,62H,4,7,9,11,14-21,25,28-29H2,1-3H3,(H,53,54)(H,55,56)(H,57,61)/t30-,34-,39-,47-/m0/s1. The summed E-state index contributed by atoms with van der Waals surface area (Å²) in [6, 6.07) is 14.0. The number of fused-ring (bicyclic) bond motifs is 1. The van der Waals surface area contributed by atoms with Gasteiger partial charge in [-0.05, 0) is 100 Å². The lowest BCUT2D eigenvalue weighted by molar-refractivity contribution is -0.384. The number of hydrogen-bond acceptors (Lipinski definition) is 13. The van der Waals surface area contributed by atoms with Gasteiger partial charge in [0.15, 0.2) is 5.75 Å². The van der Waals surface area contributed by atoms with Gasteiger partial charge in [0, 0.05) is 81.3 Å². The molecule has 20 heteroatoms. The van der Waals surface area contributed by atoms with Crippen LogP contribution in [0.15, 0.2) is 71.9 Å². The molecule has 1 spiro atoms. The predicted octanol–water partition coefficient (Wildman–Crippen LogP) is 9.02. The number of nitrogens with zero attached hydrogens (tertiary/aromatic N) is 5. The van der Waals surface area contributed by atoms with E-state index < -0.39 is 48.8 Å². The minimum atomic E-state index is -4.76. The first-order valence-electron chi connectivity index (χ1n) is 23.6. The van der Waals surface area contributed by atoms with E-state index in [9.17, 15) is 41.6 Å². The Hall–Kier alpha value is -5.99. The molecule has 5 aromatic rings. The Balaban J connectivity index is 0.934. The zero-order valence-electron chi connectivity index (χ0n) is 38.8. The maximum absolute atomic E-state index is 14.9. The minimum Gasteiger partial charge on any atom is -0.475 e.